The van der Waals surface area contributed by atoms with Crippen molar-refractivity contribution in [3.05, 3.63) is 29.3 Å². The van der Waals surface area contributed by atoms with Crippen molar-refractivity contribution < 1.29 is 9.47 Å². The Morgan fingerprint density at radius 3 is 2.20 bits per heavy atom. The van der Waals surface area contributed by atoms with Crippen LogP contribution in [0, 0.1) is 0 Å². The molecule has 1 heterocycles. The van der Waals surface area contributed by atoms with Gasteiger partial charge < -0.3 is 9.47 Å². The normalized spacial score (nSPS) is 10.3. The van der Waals surface area contributed by atoms with Crippen molar-refractivity contribution in [3.63, 3.8) is 0 Å². The van der Waals surface area contributed by atoms with E-state index in [4.69, 9.17) is 21.1 Å². The first kappa shape index (κ1) is 10.1. The van der Waals surface area contributed by atoms with Crippen LogP contribution in [0.4, 0.5) is 0 Å². The first-order valence-electron chi connectivity index (χ1n) is 4.44. The van der Waals surface area contributed by atoms with Crippen LogP contribution in [0.2, 0.25) is 5.02 Å². The number of benzene rings is 1. The zero-order valence-corrected chi connectivity index (χ0v) is 9.21. The summed E-state index contributed by atoms with van der Waals surface area (Å²) in [7, 11) is 3.10. The van der Waals surface area contributed by atoms with Gasteiger partial charge in [-0.05, 0) is 6.07 Å². The highest BCUT2D eigenvalue weighted by atomic mass is 35.5. The Labute approximate surface area is 92.6 Å². The zero-order valence-electron chi connectivity index (χ0n) is 8.45. The van der Waals surface area contributed by atoms with Gasteiger partial charge in [-0.25, -0.2) is 0 Å². The van der Waals surface area contributed by atoms with Crippen LogP contribution in [0.3, 0.4) is 0 Å². The molecule has 0 bridgehead atoms. The van der Waals surface area contributed by atoms with Gasteiger partial charge in [-0.3, -0.25) is 0 Å². The van der Waals surface area contributed by atoms with Gasteiger partial charge in [0.05, 0.1) is 14.2 Å². The molecule has 0 N–H and O–H groups in total. The number of fused-ring (bicyclic) bond motifs is 1. The second-order valence-electron chi connectivity index (χ2n) is 2.99. The Morgan fingerprint density at radius 1 is 1.00 bits per heavy atom. The standard InChI is InChI=1S/C11H10ClNO2/c1-14-10-8-6-4-3-5-7(8)9(12)11(13-10)15-2/h3-6H,1-2H3. The summed E-state index contributed by atoms with van der Waals surface area (Å²) >= 11 is 6.13. The molecule has 0 fully saturated rings. The van der Waals surface area contributed by atoms with Crippen molar-refractivity contribution in [2.24, 2.45) is 0 Å². The first-order valence-corrected chi connectivity index (χ1v) is 4.82. The molecule has 1 aromatic carbocycles. The fraction of sp³-hybridized carbons (Fsp3) is 0.182. The molecule has 0 aliphatic carbocycles. The van der Waals surface area contributed by atoms with Crippen LogP contribution < -0.4 is 9.47 Å². The molecular formula is C11H10ClNO2. The molecule has 2 rings (SSSR count). The lowest BCUT2D eigenvalue weighted by Gasteiger charge is -2.09. The van der Waals surface area contributed by atoms with Crippen LogP contribution in [-0.4, -0.2) is 19.2 Å². The van der Waals surface area contributed by atoms with Gasteiger partial charge >= 0.3 is 0 Å². The van der Waals surface area contributed by atoms with Gasteiger partial charge in [0.1, 0.15) is 5.02 Å². The number of rotatable bonds is 2. The van der Waals surface area contributed by atoms with E-state index in [1.165, 1.54) is 7.11 Å². The molecule has 2 aromatic rings. The Balaban J connectivity index is 2.84. The predicted molar refractivity (Wildman–Crippen MR) is 59.9 cm³/mol. The van der Waals surface area contributed by atoms with Crippen LogP contribution >= 0.6 is 11.6 Å². The summed E-state index contributed by atoms with van der Waals surface area (Å²) in [4.78, 5) is 4.16. The van der Waals surface area contributed by atoms with E-state index in [-0.39, 0.29) is 0 Å². The van der Waals surface area contributed by atoms with Crippen LogP contribution in [-0.2, 0) is 0 Å². The van der Waals surface area contributed by atoms with Gasteiger partial charge in [-0.1, -0.05) is 29.8 Å². The van der Waals surface area contributed by atoms with Crippen LogP contribution in [0.25, 0.3) is 10.8 Å². The highest BCUT2D eigenvalue weighted by Crippen LogP contribution is 2.35. The lowest BCUT2D eigenvalue weighted by Crippen LogP contribution is -1.94. The lowest BCUT2D eigenvalue weighted by atomic mass is 10.2. The van der Waals surface area contributed by atoms with E-state index in [1.54, 1.807) is 7.11 Å². The Hall–Kier alpha value is -1.48. The highest BCUT2D eigenvalue weighted by molar-refractivity contribution is 6.37. The molecular weight excluding hydrogens is 214 g/mol. The molecule has 0 saturated heterocycles. The predicted octanol–water partition coefficient (Wildman–Crippen LogP) is 2.91. The van der Waals surface area contributed by atoms with E-state index in [0.717, 1.165) is 10.8 Å². The summed E-state index contributed by atoms with van der Waals surface area (Å²) in [6.07, 6.45) is 0. The van der Waals surface area contributed by atoms with Crippen molar-refractivity contribution >= 4 is 22.4 Å². The zero-order chi connectivity index (χ0) is 10.8. The van der Waals surface area contributed by atoms with Crippen molar-refractivity contribution in [1.82, 2.24) is 4.98 Å². The molecule has 3 nitrogen and oxygen atoms in total. The van der Waals surface area contributed by atoms with E-state index in [2.05, 4.69) is 4.98 Å². The van der Waals surface area contributed by atoms with Gasteiger partial charge in [0.2, 0.25) is 11.8 Å². The van der Waals surface area contributed by atoms with Crippen molar-refractivity contribution in [3.8, 4) is 11.8 Å². The second kappa shape index (κ2) is 3.95. The minimum Gasteiger partial charge on any atom is -0.480 e. The van der Waals surface area contributed by atoms with Crippen molar-refractivity contribution in [2.45, 2.75) is 0 Å². The number of aromatic nitrogens is 1. The summed E-state index contributed by atoms with van der Waals surface area (Å²) in [5.74, 6) is 0.902. The molecule has 0 aliphatic rings. The Kier molecular flexibility index (Phi) is 2.64. The largest absolute Gasteiger partial charge is 0.480 e. The molecule has 0 radical (unpaired) electrons. The van der Waals surface area contributed by atoms with E-state index < -0.39 is 0 Å². The molecule has 1 aromatic heterocycles. The monoisotopic (exact) mass is 223 g/mol. The fourth-order valence-electron chi connectivity index (χ4n) is 1.47. The molecule has 0 aliphatic heterocycles. The Morgan fingerprint density at radius 2 is 1.60 bits per heavy atom. The van der Waals surface area contributed by atoms with Gasteiger partial charge in [-0.15, -0.1) is 0 Å². The number of hydrogen-bond donors (Lipinski definition) is 0. The molecule has 0 atom stereocenters. The van der Waals surface area contributed by atoms with Crippen molar-refractivity contribution in [1.29, 1.82) is 0 Å². The number of halogens is 1. The SMILES string of the molecule is COc1nc(OC)c2ccccc2c1Cl. The molecule has 78 valence electrons. The number of nitrogens with zero attached hydrogens (tertiary/aromatic N) is 1. The van der Waals surface area contributed by atoms with Crippen molar-refractivity contribution in [2.75, 3.05) is 14.2 Å². The number of methoxy groups -OCH3 is 2. The van der Waals surface area contributed by atoms with E-state index >= 15 is 0 Å². The van der Waals surface area contributed by atoms with Crippen LogP contribution in [0.1, 0.15) is 0 Å². The number of pyridine rings is 1. The Bertz CT molecular complexity index is 499. The molecule has 0 unspecified atom stereocenters. The quantitative estimate of drug-likeness (QED) is 0.785. The van der Waals surface area contributed by atoms with Gasteiger partial charge in [0, 0.05) is 10.8 Å². The van der Waals surface area contributed by atoms with E-state index in [0.29, 0.717) is 16.8 Å². The van der Waals surface area contributed by atoms with Crippen LogP contribution in [0.15, 0.2) is 24.3 Å². The highest BCUT2D eigenvalue weighted by Gasteiger charge is 2.12. The molecule has 0 spiro atoms. The number of hydrogen-bond acceptors (Lipinski definition) is 3. The number of ether oxygens (including phenoxy) is 2. The van der Waals surface area contributed by atoms with Gasteiger partial charge in [0.15, 0.2) is 0 Å². The summed E-state index contributed by atoms with van der Waals surface area (Å²) < 4.78 is 10.2. The summed E-state index contributed by atoms with van der Waals surface area (Å²) in [6, 6.07) is 7.64. The first-order chi connectivity index (χ1) is 7.27. The fourth-order valence-corrected chi connectivity index (χ4v) is 1.75. The molecule has 15 heavy (non-hydrogen) atoms. The van der Waals surface area contributed by atoms with E-state index in [9.17, 15) is 0 Å². The smallest absolute Gasteiger partial charge is 0.236 e. The molecule has 0 saturated carbocycles. The third-order valence-electron chi connectivity index (χ3n) is 2.17. The summed E-state index contributed by atoms with van der Waals surface area (Å²) in [6.45, 7) is 0. The minimum absolute atomic E-state index is 0.382. The topological polar surface area (TPSA) is 31.4 Å². The minimum atomic E-state index is 0.382. The average Bonchev–Trinajstić information content (AvgIpc) is 2.30. The molecule has 4 heteroatoms. The third kappa shape index (κ3) is 1.59. The average molecular weight is 224 g/mol. The maximum absolute atomic E-state index is 6.13. The maximum atomic E-state index is 6.13. The lowest BCUT2D eigenvalue weighted by molar-refractivity contribution is 0.369. The summed E-state index contributed by atoms with van der Waals surface area (Å²) in [5, 5.41) is 2.27. The summed E-state index contributed by atoms with van der Waals surface area (Å²) in [5.41, 5.74) is 0. The van der Waals surface area contributed by atoms with Gasteiger partial charge in [-0.2, -0.15) is 4.98 Å². The van der Waals surface area contributed by atoms with E-state index in [1.807, 2.05) is 24.3 Å². The maximum Gasteiger partial charge on any atom is 0.236 e. The van der Waals surface area contributed by atoms with Crippen LogP contribution in [0.5, 0.6) is 11.8 Å². The molecule has 0 amide bonds. The second-order valence-corrected chi connectivity index (χ2v) is 3.37. The van der Waals surface area contributed by atoms with Gasteiger partial charge in [0.25, 0.3) is 0 Å². The third-order valence-corrected chi connectivity index (χ3v) is 2.54.